The topological polar surface area (TPSA) is 64.1 Å². The van der Waals surface area contributed by atoms with Gasteiger partial charge in [0.05, 0.1) is 16.7 Å². The molecule has 0 saturated heterocycles. The maximum atomic E-state index is 12.5. The Hall–Kier alpha value is -1.37. The minimum Gasteiger partial charge on any atom is -0.490 e. The Morgan fingerprint density at radius 3 is 2.46 bits per heavy atom. The number of benzene rings is 1. The molecule has 0 aliphatic heterocycles. The Balaban J connectivity index is 1.94. The van der Waals surface area contributed by atoms with Gasteiger partial charge >= 0.3 is 0 Å². The van der Waals surface area contributed by atoms with Crippen LogP contribution >= 0.6 is 34.5 Å². The Morgan fingerprint density at radius 1 is 1.14 bits per heavy atom. The Morgan fingerprint density at radius 2 is 1.82 bits per heavy atom. The van der Waals surface area contributed by atoms with Gasteiger partial charge in [-0.05, 0) is 24.5 Å². The lowest BCUT2D eigenvalue weighted by Gasteiger charge is -2.11. The fraction of sp³-hybridized carbons (Fsp3) is 0.550. The minimum absolute atomic E-state index is 0.323. The summed E-state index contributed by atoms with van der Waals surface area (Å²) in [4.78, 5) is 12.5. The molecule has 1 aromatic carbocycles. The highest BCUT2D eigenvalue weighted by Gasteiger charge is 2.16. The number of rotatable bonds is 11. The van der Waals surface area contributed by atoms with Crippen LogP contribution in [0.25, 0.3) is 0 Å². The van der Waals surface area contributed by atoms with Gasteiger partial charge in [0.15, 0.2) is 5.75 Å². The van der Waals surface area contributed by atoms with Crippen LogP contribution in [0.1, 0.15) is 68.2 Å². The molecule has 0 bridgehead atoms. The number of carbonyl (C=O) groups is 1. The van der Waals surface area contributed by atoms with Crippen LogP contribution in [-0.4, -0.2) is 22.7 Å². The van der Waals surface area contributed by atoms with E-state index >= 15 is 0 Å². The van der Waals surface area contributed by atoms with Gasteiger partial charge in [-0.25, -0.2) is 0 Å². The van der Waals surface area contributed by atoms with Gasteiger partial charge in [0, 0.05) is 12.0 Å². The molecule has 0 saturated carbocycles. The van der Waals surface area contributed by atoms with Crippen molar-refractivity contribution < 1.29 is 9.53 Å². The molecule has 0 spiro atoms. The van der Waals surface area contributed by atoms with Crippen LogP contribution < -0.4 is 10.1 Å². The van der Waals surface area contributed by atoms with Crippen molar-refractivity contribution in [2.24, 2.45) is 5.92 Å². The summed E-state index contributed by atoms with van der Waals surface area (Å²) in [6.07, 6.45) is 6.53. The van der Waals surface area contributed by atoms with E-state index in [0.717, 1.165) is 24.3 Å². The average molecular weight is 444 g/mol. The van der Waals surface area contributed by atoms with E-state index in [0.29, 0.717) is 39.0 Å². The number of anilines is 1. The third kappa shape index (κ3) is 7.22. The summed E-state index contributed by atoms with van der Waals surface area (Å²) >= 11 is 14.0. The van der Waals surface area contributed by atoms with Gasteiger partial charge in [0.25, 0.3) is 5.91 Å². The number of unbranched alkanes of at least 4 members (excludes halogenated alkanes) is 4. The highest BCUT2D eigenvalue weighted by atomic mass is 35.5. The number of aromatic nitrogens is 2. The van der Waals surface area contributed by atoms with Crippen molar-refractivity contribution in [2.45, 2.75) is 59.3 Å². The van der Waals surface area contributed by atoms with Gasteiger partial charge in [-0.1, -0.05) is 81.0 Å². The lowest BCUT2D eigenvalue weighted by molar-refractivity contribution is 0.102. The van der Waals surface area contributed by atoms with Crippen molar-refractivity contribution in [1.29, 1.82) is 0 Å². The molecule has 154 valence electrons. The smallest absolute Gasteiger partial charge is 0.257 e. The summed E-state index contributed by atoms with van der Waals surface area (Å²) in [5.74, 6) is 0.570. The molecule has 1 amide bonds. The number of nitrogens with one attached hydrogen (secondary N) is 1. The van der Waals surface area contributed by atoms with Gasteiger partial charge in [0.1, 0.15) is 5.01 Å². The molecule has 1 aromatic heterocycles. The third-order valence-corrected chi connectivity index (χ3v) is 5.45. The first-order valence-corrected chi connectivity index (χ1v) is 11.2. The Labute approximate surface area is 180 Å². The first-order chi connectivity index (χ1) is 13.4. The van der Waals surface area contributed by atoms with Crippen LogP contribution in [-0.2, 0) is 6.42 Å². The van der Waals surface area contributed by atoms with Crippen molar-refractivity contribution in [3.8, 4) is 5.75 Å². The summed E-state index contributed by atoms with van der Waals surface area (Å²) in [6.45, 7) is 6.96. The molecule has 1 N–H and O–H groups in total. The molecular weight excluding hydrogens is 417 g/mol. The van der Waals surface area contributed by atoms with E-state index < -0.39 is 0 Å². The third-order valence-electron chi connectivity index (χ3n) is 4.02. The molecule has 0 aliphatic rings. The second-order valence-electron chi connectivity index (χ2n) is 7.08. The molecule has 5 nitrogen and oxygen atoms in total. The van der Waals surface area contributed by atoms with E-state index in [1.54, 1.807) is 12.1 Å². The maximum Gasteiger partial charge on any atom is 0.257 e. The summed E-state index contributed by atoms with van der Waals surface area (Å²) in [6, 6.07) is 3.12. The van der Waals surface area contributed by atoms with E-state index in [-0.39, 0.29) is 5.91 Å². The zero-order valence-electron chi connectivity index (χ0n) is 16.6. The van der Waals surface area contributed by atoms with Crippen molar-refractivity contribution in [3.05, 3.63) is 32.7 Å². The molecular formula is C20H27Cl2N3O2S. The summed E-state index contributed by atoms with van der Waals surface area (Å²) < 4.78 is 5.73. The first-order valence-electron chi connectivity index (χ1n) is 9.66. The Bertz CT molecular complexity index is 758. The van der Waals surface area contributed by atoms with Crippen molar-refractivity contribution >= 4 is 45.6 Å². The number of hydrogen-bond donors (Lipinski definition) is 1. The largest absolute Gasteiger partial charge is 0.490 e. The van der Waals surface area contributed by atoms with Crippen molar-refractivity contribution in [3.63, 3.8) is 0 Å². The van der Waals surface area contributed by atoms with Crippen LogP contribution in [0.2, 0.25) is 10.0 Å². The molecule has 28 heavy (non-hydrogen) atoms. The lowest BCUT2D eigenvalue weighted by Crippen LogP contribution is -2.12. The summed E-state index contributed by atoms with van der Waals surface area (Å²) in [5.41, 5.74) is 0.353. The standard InChI is InChI=1S/C20H27Cl2N3O2S/c1-4-5-6-7-8-9-27-18-15(21)11-14(12-16(18)22)19(26)23-20-25-24-17(28-20)10-13(2)3/h11-13H,4-10H2,1-3H3,(H,23,25,26). The molecule has 0 unspecified atom stereocenters. The second kappa shape index (κ2) is 11.6. The van der Waals surface area contributed by atoms with Gasteiger partial charge in [-0.3, -0.25) is 10.1 Å². The molecule has 8 heteroatoms. The zero-order valence-corrected chi connectivity index (χ0v) is 18.9. The predicted molar refractivity (Wildman–Crippen MR) is 117 cm³/mol. The highest BCUT2D eigenvalue weighted by Crippen LogP contribution is 2.34. The average Bonchev–Trinajstić information content (AvgIpc) is 3.05. The second-order valence-corrected chi connectivity index (χ2v) is 8.96. The number of halogens is 2. The molecule has 2 aromatic rings. The SMILES string of the molecule is CCCCCCCOc1c(Cl)cc(C(=O)Nc2nnc(CC(C)C)s2)cc1Cl. The number of amides is 1. The number of nitrogens with zero attached hydrogens (tertiary/aromatic N) is 2. The maximum absolute atomic E-state index is 12.5. The van der Waals surface area contributed by atoms with E-state index in [1.807, 2.05) is 0 Å². The van der Waals surface area contributed by atoms with E-state index in [1.165, 1.54) is 30.6 Å². The Kier molecular flexibility index (Phi) is 9.48. The molecule has 1 heterocycles. The predicted octanol–water partition coefficient (Wildman–Crippen LogP) is 6.64. The van der Waals surface area contributed by atoms with Crippen molar-refractivity contribution in [1.82, 2.24) is 10.2 Å². The van der Waals surface area contributed by atoms with Crippen LogP contribution in [0.3, 0.4) is 0 Å². The van der Waals surface area contributed by atoms with Crippen LogP contribution in [0, 0.1) is 5.92 Å². The number of ether oxygens (including phenoxy) is 1. The van der Waals surface area contributed by atoms with Crippen LogP contribution in [0.5, 0.6) is 5.75 Å². The lowest BCUT2D eigenvalue weighted by atomic mass is 10.1. The molecule has 0 aliphatic carbocycles. The monoisotopic (exact) mass is 443 g/mol. The van der Waals surface area contributed by atoms with E-state index in [9.17, 15) is 4.79 Å². The van der Waals surface area contributed by atoms with Gasteiger partial charge < -0.3 is 4.74 Å². The quantitative estimate of drug-likeness (QED) is 0.395. The van der Waals surface area contributed by atoms with E-state index in [2.05, 4.69) is 36.3 Å². The minimum atomic E-state index is -0.331. The van der Waals surface area contributed by atoms with Crippen LogP contribution in [0.4, 0.5) is 5.13 Å². The fourth-order valence-corrected chi connectivity index (χ4v) is 4.16. The molecule has 0 fully saturated rings. The van der Waals surface area contributed by atoms with Gasteiger partial charge in [-0.15, -0.1) is 10.2 Å². The van der Waals surface area contributed by atoms with Gasteiger partial charge in [-0.2, -0.15) is 0 Å². The molecule has 0 atom stereocenters. The fourth-order valence-electron chi connectivity index (χ4n) is 2.61. The van der Waals surface area contributed by atoms with Crippen LogP contribution in [0.15, 0.2) is 12.1 Å². The van der Waals surface area contributed by atoms with E-state index in [4.69, 9.17) is 27.9 Å². The number of carbonyl (C=O) groups excluding carboxylic acids is 1. The van der Waals surface area contributed by atoms with Gasteiger partial charge in [0.2, 0.25) is 5.13 Å². The number of hydrogen-bond acceptors (Lipinski definition) is 5. The molecule has 2 rings (SSSR count). The highest BCUT2D eigenvalue weighted by molar-refractivity contribution is 7.15. The van der Waals surface area contributed by atoms with Crippen molar-refractivity contribution in [2.75, 3.05) is 11.9 Å². The first kappa shape index (κ1) is 22.9. The zero-order chi connectivity index (χ0) is 20.5. The normalized spacial score (nSPS) is 11.1. The summed E-state index contributed by atoms with van der Waals surface area (Å²) in [5, 5.41) is 12.9. The summed E-state index contributed by atoms with van der Waals surface area (Å²) in [7, 11) is 0. The molecule has 0 radical (unpaired) electrons.